The van der Waals surface area contributed by atoms with E-state index in [1.54, 1.807) is 0 Å². The van der Waals surface area contributed by atoms with Crippen LogP contribution in [0.5, 0.6) is 0 Å². The lowest BCUT2D eigenvalue weighted by Gasteiger charge is -2.23. The van der Waals surface area contributed by atoms with Gasteiger partial charge in [0.1, 0.15) is 0 Å². The number of rotatable bonds is 2. The average molecular weight is 242 g/mol. The molecule has 1 heterocycles. The van der Waals surface area contributed by atoms with Crippen molar-refractivity contribution in [3.8, 4) is 12.3 Å². The van der Waals surface area contributed by atoms with E-state index in [9.17, 15) is 4.79 Å². The lowest BCUT2D eigenvalue weighted by Crippen LogP contribution is -2.43. The van der Waals surface area contributed by atoms with E-state index < -0.39 is 6.04 Å². The highest BCUT2D eigenvalue weighted by molar-refractivity contribution is 5.82. The molecule has 1 amide bonds. The van der Waals surface area contributed by atoms with Crippen LogP contribution in [0.25, 0.3) is 0 Å². The highest BCUT2D eigenvalue weighted by Gasteiger charge is 2.22. The fourth-order valence-corrected chi connectivity index (χ4v) is 2.34. The molecule has 0 aliphatic carbocycles. The van der Waals surface area contributed by atoms with Gasteiger partial charge in [0, 0.05) is 19.5 Å². The first-order valence-corrected chi connectivity index (χ1v) is 6.27. The van der Waals surface area contributed by atoms with E-state index in [1.165, 1.54) is 11.1 Å². The molecule has 2 rings (SSSR count). The summed E-state index contributed by atoms with van der Waals surface area (Å²) in [7, 11) is 0. The molecular weight excluding hydrogens is 224 g/mol. The summed E-state index contributed by atoms with van der Waals surface area (Å²) < 4.78 is 0. The minimum absolute atomic E-state index is 0.0374. The fraction of sp³-hybridized carbons (Fsp3) is 0.400. The maximum absolute atomic E-state index is 12.2. The third-order valence-corrected chi connectivity index (χ3v) is 3.32. The predicted molar refractivity (Wildman–Crippen MR) is 71.6 cm³/mol. The van der Waals surface area contributed by atoms with Gasteiger partial charge in [0.15, 0.2) is 0 Å². The van der Waals surface area contributed by atoms with E-state index in [2.05, 4.69) is 18.1 Å². The van der Waals surface area contributed by atoms with Crippen LogP contribution < -0.4 is 5.73 Å². The van der Waals surface area contributed by atoms with Gasteiger partial charge < -0.3 is 10.6 Å². The van der Waals surface area contributed by atoms with Crippen molar-refractivity contribution in [1.29, 1.82) is 0 Å². The third kappa shape index (κ3) is 2.72. The Hall–Kier alpha value is -1.79. The molecule has 94 valence electrons. The van der Waals surface area contributed by atoms with E-state index in [0.717, 1.165) is 19.4 Å². The second-order valence-corrected chi connectivity index (χ2v) is 4.65. The van der Waals surface area contributed by atoms with Crippen molar-refractivity contribution in [3.63, 3.8) is 0 Å². The second kappa shape index (κ2) is 5.70. The number of carbonyl (C=O) groups is 1. The molecule has 1 aromatic rings. The zero-order chi connectivity index (χ0) is 13.0. The number of nitrogens with zero attached hydrogens (tertiary/aromatic N) is 1. The normalized spacial score (nSPS) is 16.3. The molecule has 0 spiro atoms. The van der Waals surface area contributed by atoms with E-state index in [4.69, 9.17) is 12.2 Å². The van der Waals surface area contributed by atoms with Crippen LogP contribution in [0.2, 0.25) is 0 Å². The quantitative estimate of drug-likeness (QED) is 0.795. The Morgan fingerprint density at radius 2 is 2.17 bits per heavy atom. The van der Waals surface area contributed by atoms with Gasteiger partial charge in [0.2, 0.25) is 5.91 Å². The summed E-state index contributed by atoms with van der Waals surface area (Å²) in [4.78, 5) is 14.0. The molecule has 1 aliphatic rings. The summed E-state index contributed by atoms with van der Waals surface area (Å²) in [5.74, 6) is 2.41. The first kappa shape index (κ1) is 12.7. The number of nitrogens with two attached hydrogens (primary N) is 1. The van der Waals surface area contributed by atoms with Crippen LogP contribution in [0.1, 0.15) is 24.0 Å². The van der Waals surface area contributed by atoms with Gasteiger partial charge >= 0.3 is 0 Å². The summed E-state index contributed by atoms with van der Waals surface area (Å²) in [6.45, 7) is 1.40. The number of hydrogen-bond donors (Lipinski definition) is 1. The van der Waals surface area contributed by atoms with Crippen LogP contribution in [0.15, 0.2) is 24.3 Å². The van der Waals surface area contributed by atoms with Gasteiger partial charge in [0.05, 0.1) is 6.04 Å². The Kier molecular flexibility index (Phi) is 4.01. The molecule has 1 unspecified atom stereocenters. The summed E-state index contributed by atoms with van der Waals surface area (Å²) in [6, 6.07) is 7.69. The molecular formula is C15H18N2O. The Morgan fingerprint density at radius 3 is 2.89 bits per heavy atom. The van der Waals surface area contributed by atoms with Crippen molar-refractivity contribution >= 4 is 5.91 Å². The highest BCUT2D eigenvalue weighted by Crippen LogP contribution is 2.18. The zero-order valence-corrected chi connectivity index (χ0v) is 10.4. The maximum atomic E-state index is 12.2. The molecule has 0 radical (unpaired) electrons. The monoisotopic (exact) mass is 242 g/mol. The van der Waals surface area contributed by atoms with Gasteiger partial charge in [0.25, 0.3) is 0 Å². The summed E-state index contributed by atoms with van der Waals surface area (Å²) in [5, 5.41) is 0. The Balaban J connectivity index is 2.13. The van der Waals surface area contributed by atoms with Crippen LogP contribution in [-0.4, -0.2) is 23.4 Å². The topological polar surface area (TPSA) is 46.3 Å². The highest BCUT2D eigenvalue weighted by atomic mass is 16.2. The largest absolute Gasteiger partial charge is 0.337 e. The number of terminal acetylenes is 1. The molecule has 1 aromatic carbocycles. The minimum Gasteiger partial charge on any atom is -0.337 e. The zero-order valence-electron chi connectivity index (χ0n) is 10.4. The van der Waals surface area contributed by atoms with Crippen molar-refractivity contribution in [3.05, 3.63) is 35.4 Å². The van der Waals surface area contributed by atoms with Gasteiger partial charge in [-0.1, -0.05) is 24.3 Å². The molecule has 1 aliphatic heterocycles. The minimum atomic E-state index is -0.569. The molecule has 1 atom stereocenters. The molecule has 0 saturated carbocycles. The molecule has 0 fully saturated rings. The number of hydrogen-bond acceptors (Lipinski definition) is 2. The fourth-order valence-electron chi connectivity index (χ4n) is 2.34. The Morgan fingerprint density at radius 1 is 1.44 bits per heavy atom. The predicted octanol–water partition coefficient (Wildman–Crippen LogP) is 1.31. The Labute approximate surface area is 108 Å². The van der Waals surface area contributed by atoms with Gasteiger partial charge in [-0.3, -0.25) is 4.79 Å². The van der Waals surface area contributed by atoms with E-state index in [0.29, 0.717) is 13.0 Å². The molecule has 2 N–H and O–H groups in total. The summed E-state index contributed by atoms with van der Waals surface area (Å²) >= 11 is 0. The van der Waals surface area contributed by atoms with Crippen LogP contribution in [0.3, 0.4) is 0 Å². The van der Waals surface area contributed by atoms with Crippen LogP contribution in [0.4, 0.5) is 0 Å². The lowest BCUT2D eigenvalue weighted by molar-refractivity contribution is -0.133. The Bertz CT molecular complexity index is 476. The van der Waals surface area contributed by atoms with Crippen molar-refractivity contribution in [2.24, 2.45) is 5.73 Å². The maximum Gasteiger partial charge on any atom is 0.240 e. The first-order chi connectivity index (χ1) is 8.72. The third-order valence-electron chi connectivity index (χ3n) is 3.32. The van der Waals surface area contributed by atoms with Gasteiger partial charge in [-0.2, -0.15) is 0 Å². The van der Waals surface area contributed by atoms with Gasteiger partial charge in [-0.05, 0) is 24.0 Å². The van der Waals surface area contributed by atoms with Gasteiger partial charge in [-0.15, -0.1) is 12.3 Å². The molecule has 3 heteroatoms. The molecule has 18 heavy (non-hydrogen) atoms. The molecule has 3 nitrogen and oxygen atoms in total. The molecule has 0 bridgehead atoms. The number of carbonyl (C=O) groups excluding carboxylic acids is 1. The molecule has 0 aromatic heterocycles. The van der Waals surface area contributed by atoms with E-state index in [-0.39, 0.29) is 5.91 Å². The lowest BCUT2D eigenvalue weighted by atomic mass is 10.0. The second-order valence-electron chi connectivity index (χ2n) is 4.65. The molecule has 0 saturated heterocycles. The van der Waals surface area contributed by atoms with Crippen molar-refractivity contribution in [2.45, 2.75) is 31.8 Å². The standard InChI is InChI=1S/C15H18N2O/c1-2-6-14(16)15(18)17-10-5-9-12-7-3-4-8-13(12)11-17/h1,3-4,7-8,14H,5-6,9-11,16H2. The van der Waals surface area contributed by atoms with Crippen LogP contribution >= 0.6 is 0 Å². The average Bonchev–Trinajstić information content (AvgIpc) is 2.60. The SMILES string of the molecule is C#CCC(N)C(=O)N1CCCc2ccccc2C1. The van der Waals surface area contributed by atoms with Gasteiger partial charge in [-0.25, -0.2) is 0 Å². The number of amides is 1. The van der Waals surface area contributed by atoms with E-state index in [1.807, 2.05) is 17.0 Å². The number of fused-ring (bicyclic) bond motifs is 1. The summed E-state index contributed by atoms with van der Waals surface area (Å²) in [6.07, 6.45) is 7.50. The number of benzene rings is 1. The smallest absolute Gasteiger partial charge is 0.240 e. The van der Waals surface area contributed by atoms with Crippen molar-refractivity contribution in [1.82, 2.24) is 4.90 Å². The van der Waals surface area contributed by atoms with Crippen LogP contribution in [0, 0.1) is 12.3 Å². The summed E-state index contributed by atoms with van der Waals surface area (Å²) in [5.41, 5.74) is 8.35. The van der Waals surface area contributed by atoms with E-state index >= 15 is 0 Å². The first-order valence-electron chi connectivity index (χ1n) is 6.27. The van der Waals surface area contributed by atoms with Crippen LogP contribution in [-0.2, 0) is 17.8 Å². The van der Waals surface area contributed by atoms with Crippen molar-refractivity contribution < 1.29 is 4.79 Å². The van der Waals surface area contributed by atoms with Crippen molar-refractivity contribution in [2.75, 3.05) is 6.54 Å². The number of aryl methyl sites for hydroxylation is 1.